The minimum Gasteiger partial charge on any atom is -0.378 e. The van der Waals surface area contributed by atoms with E-state index in [1.54, 1.807) is 0 Å². The summed E-state index contributed by atoms with van der Waals surface area (Å²) in [6.07, 6.45) is 0. The van der Waals surface area contributed by atoms with Crippen LogP contribution in [0.1, 0.15) is 0 Å². The summed E-state index contributed by atoms with van der Waals surface area (Å²) in [5.41, 5.74) is 0. The second-order valence-electron chi connectivity index (χ2n) is 1.01. The van der Waals surface area contributed by atoms with Crippen molar-refractivity contribution in [3.63, 3.8) is 0 Å². The summed E-state index contributed by atoms with van der Waals surface area (Å²) in [6, 6.07) is 0. The van der Waals surface area contributed by atoms with Crippen LogP contribution in [-0.4, -0.2) is 20.2 Å². The summed E-state index contributed by atoms with van der Waals surface area (Å²) in [5.74, 6) is 0. The monoisotopic (exact) mass is 88.1 g/mol. The van der Waals surface area contributed by atoms with E-state index in [-0.39, 0.29) is 0 Å². The Hall–Kier alpha value is -0.0800. The van der Waals surface area contributed by atoms with Gasteiger partial charge < -0.3 is 10.1 Å². The van der Waals surface area contributed by atoms with Crippen LogP contribution in [0.2, 0.25) is 0 Å². The molecule has 1 N–H and O–H groups in total. The summed E-state index contributed by atoms with van der Waals surface area (Å²) in [5, 5.41) is 2.90. The average molecular weight is 88.1 g/mol. The first-order chi connectivity index (χ1) is 2.91. The van der Waals surface area contributed by atoms with Gasteiger partial charge in [-0.25, -0.2) is 0 Å². The van der Waals surface area contributed by atoms with Gasteiger partial charge in [-0.3, -0.25) is 0 Å². The van der Waals surface area contributed by atoms with Crippen LogP contribution in [0.3, 0.4) is 0 Å². The molecule has 0 aliphatic heterocycles. The lowest BCUT2D eigenvalue weighted by Gasteiger charge is -1.91. The summed E-state index contributed by atoms with van der Waals surface area (Å²) in [4.78, 5) is 0. The van der Waals surface area contributed by atoms with Crippen LogP contribution < -0.4 is 5.32 Å². The lowest BCUT2D eigenvalue weighted by molar-refractivity contribution is 0.244. The van der Waals surface area contributed by atoms with E-state index in [4.69, 9.17) is 0 Å². The van der Waals surface area contributed by atoms with Gasteiger partial charge in [0.15, 0.2) is 0 Å². The van der Waals surface area contributed by atoms with Gasteiger partial charge in [0.1, 0.15) is 0 Å². The Labute approximate surface area is 38.5 Å². The predicted octanol–water partition coefficient (Wildman–Crippen LogP) is 0.0140. The second kappa shape index (κ2) is 4.92. The Morgan fingerprint density at radius 3 is 2.67 bits per heavy atom. The molecule has 0 amide bonds. The molecule has 0 aromatic rings. The highest BCUT2D eigenvalue weighted by atomic mass is 16.5. The molecule has 0 unspecified atom stereocenters. The fourth-order valence-corrected chi connectivity index (χ4v) is 0.174. The number of hydrogen-bond donors (Lipinski definition) is 1. The molecule has 0 bridgehead atoms. The second-order valence-corrected chi connectivity index (χ2v) is 1.01. The van der Waals surface area contributed by atoms with Crippen molar-refractivity contribution in [2.75, 3.05) is 20.2 Å². The maximum absolute atomic E-state index is 4.47. The van der Waals surface area contributed by atoms with Gasteiger partial charge in [0.05, 0.1) is 13.7 Å². The molecule has 0 fully saturated rings. The van der Waals surface area contributed by atoms with Crippen LogP contribution in [0.15, 0.2) is 0 Å². The molecule has 0 aliphatic rings. The average Bonchev–Trinajstić information content (AvgIpc) is 1.61. The summed E-state index contributed by atoms with van der Waals surface area (Å²) in [7, 11) is 5.06. The number of rotatable bonds is 3. The van der Waals surface area contributed by atoms with Crippen molar-refractivity contribution in [2.24, 2.45) is 0 Å². The maximum atomic E-state index is 4.47. The molecule has 0 saturated carbocycles. The summed E-state index contributed by atoms with van der Waals surface area (Å²) >= 11 is 0. The van der Waals surface area contributed by atoms with E-state index >= 15 is 0 Å². The number of ether oxygens (including phenoxy) is 1. The molecule has 0 aliphatic carbocycles. The van der Waals surface area contributed by atoms with Crippen molar-refractivity contribution in [3.05, 3.63) is 7.11 Å². The van der Waals surface area contributed by atoms with Crippen molar-refractivity contribution in [3.8, 4) is 0 Å². The van der Waals surface area contributed by atoms with E-state index in [1.165, 1.54) is 0 Å². The molecule has 6 heavy (non-hydrogen) atoms. The van der Waals surface area contributed by atoms with E-state index in [0.717, 1.165) is 6.54 Å². The smallest absolute Gasteiger partial charge is 0.0701 e. The molecule has 37 valence electrons. The van der Waals surface area contributed by atoms with Crippen LogP contribution >= 0.6 is 0 Å². The van der Waals surface area contributed by atoms with Gasteiger partial charge in [0.25, 0.3) is 0 Å². The fraction of sp³-hybridized carbons (Fsp3) is 0.750. The van der Waals surface area contributed by atoms with Crippen molar-refractivity contribution in [1.29, 1.82) is 0 Å². The molecule has 2 heteroatoms. The highest BCUT2D eigenvalue weighted by molar-refractivity contribution is 4.31. The van der Waals surface area contributed by atoms with E-state index in [9.17, 15) is 0 Å². The molecule has 0 spiro atoms. The third-order valence-corrected chi connectivity index (χ3v) is 0.496. The van der Waals surface area contributed by atoms with Crippen molar-refractivity contribution in [2.45, 2.75) is 0 Å². The molecule has 0 atom stereocenters. The van der Waals surface area contributed by atoms with Gasteiger partial charge >= 0.3 is 0 Å². The van der Waals surface area contributed by atoms with Gasteiger partial charge in [-0.1, -0.05) is 0 Å². The summed E-state index contributed by atoms with van der Waals surface area (Å²) < 4.78 is 4.47. The normalized spacial score (nSPS) is 9.00. The summed E-state index contributed by atoms with van der Waals surface area (Å²) in [6.45, 7) is 1.57. The van der Waals surface area contributed by atoms with Gasteiger partial charge in [-0.05, 0) is 7.05 Å². The predicted molar refractivity (Wildman–Crippen MR) is 25.2 cm³/mol. The molecule has 0 aromatic heterocycles. The first-order valence-electron chi connectivity index (χ1n) is 1.93. The van der Waals surface area contributed by atoms with Crippen molar-refractivity contribution < 1.29 is 4.74 Å². The molecule has 1 radical (unpaired) electrons. The molecular formula is C4H10NO. The van der Waals surface area contributed by atoms with Crippen LogP contribution in [0, 0.1) is 7.11 Å². The molecule has 0 aromatic carbocycles. The van der Waals surface area contributed by atoms with E-state index in [0.29, 0.717) is 6.61 Å². The number of likely N-dealkylation sites (N-methyl/N-ethyl adjacent to an activating group) is 1. The zero-order valence-corrected chi connectivity index (χ0v) is 4.03. The highest BCUT2D eigenvalue weighted by Gasteiger charge is 1.72. The van der Waals surface area contributed by atoms with Crippen molar-refractivity contribution in [1.82, 2.24) is 5.32 Å². The molecule has 0 rings (SSSR count). The number of hydrogen-bond acceptors (Lipinski definition) is 2. The highest BCUT2D eigenvalue weighted by Crippen LogP contribution is 1.60. The van der Waals surface area contributed by atoms with E-state index in [1.807, 2.05) is 7.05 Å². The topological polar surface area (TPSA) is 21.3 Å². The fourth-order valence-electron chi connectivity index (χ4n) is 0.174. The Kier molecular flexibility index (Phi) is 4.85. The molecule has 2 nitrogen and oxygen atoms in total. The molecule has 0 saturated heterocycles. The van der Waals surface area contributed by atoms with E-state index in [2.05, 4.69) is 17.2 Å². The maximum Gasteiger partial charge on any atom is 0.0701 e. The third kappa shape index (κ3) is 3.92. The van der Waals surface area contributed by atoms with Gasteiger partial charge in [-0.2, -0.15) is 0 Å². The van der Waals surface area contributed by atoms with E-state index < -0.39 is 0 Å². The number of nitrogens with one attached hydrogen (secondary N) is 1. The molecular weight excluding hydrogens is 78.0 g/mol. The van der Waals surface area contributed by atoms with Crippen LogP contribution in [0.4, 0.5) is 0 Å². The molecule has 0 heterocycles. The first-order valence-corrected chi connectivity index (χ1v) is 1.93. The van der Waals surface area contributed by atoms with Crippen molar-refractivity contribution >= 4 is 0 Å². The van der Waals surface area contributed by atoms with Gasteiger partial charge in [0.2, 0.25) is 0 Å². The quantitative estimate of drug-likeness (QED) is 0.491. The Bertz CT molecular complexity index is 19.5. The van der Waals surface area contributed by atoms with Gasteiger partial charge in [0, 0.05) is 6.54 Å². The minimum atomic E-state index is 0.691. The van der Waals surface area contributed by atoms with Crippen LogP contribution in [-0.2, 0) is 4.74 Å². The zero-order valence-electron chi connectivity index (χ0n) is 4.03. The lowest BCUT2D eigenvalue weighted by atomic mass is 10.7. The Morgan fingerprint density at radius 2 is 2.50 bits per heavy atom. The lowest BCUT2D eigenvalue weighted by Crippen LogP contribution is -2.11. The largest absolute Gasteiger partial charge is 0.378 e. The Balaban J connectivity index is 2.34. The van der Waals surface area contributed by atoms with Crippen LogP contribution in [0.5, 0.6) is 0 Å². The first kappa shape index (κ1) is 5.92. The zero-order chi connectivity index (χ0) is 4.83. The minimum absolute atomic E-state index is 0.691. The van der Waals surface area contributed by atoms with Gasteiger partial charge in [-0.15, -0.1) is 0 Å². The Morgan fingerprint density at radius 1 is 1.83 bits per heavy atom. The SMILES string of the molecule is [CH2]OCCNC. The standard InChI is InChI=1S/C4H10NO/c1-5-3-4-6-2/h5H,2-4H2,1H3. The third-order valence-electron chi connectivity index (χ3n) is 0.496. The van der Waals surface area contributed by atoms with Crippen LogP contribution in [0.25, 0.3) is 0 Å².